The second kappa shape index (κ2) is 7.41. The first-order valence-electron chi connectivity index (χ1n) is 7.86. The van der Waals surface area contributed by atoms with E-state index in [1.54, 1.807) is 48.8 Å². The van der Waals surface area contributed by atoms with Gasteiger partial charge < -0.3 is 20.4 Å². The molecule has 0 unspecified atom stereocenters. The van der Waals surface area contributed by atoms with Crippen molar-refractivity contribution in [2.75, 3.05) is 18.2 Å². The third-order valence-corrected chi connectivity index (χ3v) is 3.87. The predicted octanol–water partition coefficient (Wildman–Crippen LogP) is 2.37. The number of aromatic nitrogens is 2. The van der Waals surface area contributed by atoms with Crippen LogP contribution in [0.25, 0.3) is 5.69 Å². The van der Waals surface area contributed by atoms with Gasteiger partial charge in [0.05, 0.1) is 30.2 Å². The molecule has 0 aliphatic carbocycles. The van der Waals surface area contributed by atoms with Gasteiger partial charge in [-0.05, 0) is 36.4 Å². The van der Waals surface area contributed by atoms with Crippen LogP contribution in [-0.4, -0.2) is 28.5 Å². The van der Waals surface area contributed by atoms with Gasteiger partial charge in [-0.1, -0.05) is 0 Å². The molecule has 3 aromatic rings. The van der Waals surface area contributed by atoms with E-state index in [4.69, 9.17) is 15.7 Å². The number of hydrogen-bond acceptors (Lipinski definition) is 6. The summed E-state index contributed by atoms with van der Waals surface area (Å²) < 4.78 is 6.21. The molecule has 1 aromatic carbocycles. The number of ether oxygens (including phenoxy) is 1. The van der Waals surface area contributed by atoms with Crippen molar-refractivity contribution in [1.82, 2.24) is 9.55 Å². The van der Waals surface area contributed by atoms with Crippen LogP contribution >= 0.6 is 0 Å². The molecule has 0 atom stereocenters. The highest BCUT2D eigenvalue weighted by molar-refractivity contribution is 6.04. The molecule has 0 aliphatic rings. The monoisotopic (exact) mass is 361 g/mol. The number of rotatable bonds is 4. The standard InChI is InChI=1S/C19H15N5O3/c1-27-19(26)17-16(21)13(9-20)11-24(17)15-6-4-12(5-7-15)18(25)23-14-3-2-8-22-10-14/h2-8,10-11H,21H2,1H3,(H,23,25). The van der Waals surface area contributed by atoms with E-state index in [1.165, 1.54) is 17.9 Å². The van der Waals surface area contributed by atoms with Crippen molar-refractivity contribution >= 4 is 23.3 Å². The molecule has 8 heteroatoms. The van der Waals surface area contributed by atoms with Crippen molar-refractivity contribution in [3.8, 4) is 11.8 Å². The Morgan fingerprint density at radius 3 is 2.59 bits per heavy atom. The molecular weight excluding hydrogens is 346 g/mol. The molecule has 0 saturated heterocycles. The molecule has 0 fully saturated rings. The number of carbonyl (C=O) groups is 2. The number of methoxy groups -OCH3 is 1. The molecule has 1 amide bonds. The number of nitriles is 1. The van der Waals surface area contributed by atoms with Gasteiger partial charge in [0, 0.05) is 23.6 Å². The number of anilines is 2. The highest BCUT2D eigenvalue weighted by Gasteiger charge is 2.21. The van der Waals surface area contributed by atoms with E-state index in [-0.39, 0.29) is 22.9 Å². The number of pyridine rings is 1. The molecule has 0 radical (unpaired) electrons. The van der Waals surface area contributed by atoms with Gasteiger partial charge in [-0.25, -0.2) is 4.79 Å². The maximum atomic E-state index is 12.3. The van der Waals surface area contributed by atoms with Crippen LogP contribution in [0, 0.1) is 11.3 Å². The fourth-order valence-electron chi connectivity index (χ4n) is 2.53. The van der Waals surface area contributed by atoms with Gasteiger partial charge in [0.2, 0.25) is 0 Å². The first-order chi connectivity index (χ1) is 13.0. The number of nitrogens with one attached hydrogen (secondary N) is 1. The Morgan fingerprint density at radius 1 is 1.26 bits per heavy atom. The summed E-state index contributed by atoms with van der Waals surface area (Å²) in [5, 5.41) is 11.9. The van der Waals surface area contributed by atoms with Crippen LogP contribution in [0.2, 0.25) is 0 Å². The number of nitrogens with two attached hydrogens (primary N) is 1. The Bertz CT molecular complexity index is 1030. The quantitative estimate of drug-likeness (QED) is 0.688. The summed E-state index contributed by atoms with van der Waals surface area (Å²) in [4.78, 5) is 28.3. The molecule has 3 rings (SSSR count). The summed E-state index contributed by atoms with van der Waals surface area (Å²) in [7, 11) is 1.23. The minimum atomic E-state index is -0.660. The van der Waals surface area contributed by atoms with E-state index in [0.29, 0.717) is 16.9 Å². The van der Waals surface area contributed by atoms with Crippen LogP contribution in [0.1, 0.15) is 26.4 Å². The molecule has 0 saturated carbocycles. The van der Waals surface area contributed by atoms with Crippen molar-refractivity contribution in [2.45, 2.75) is 0 Å². The van der Waals surface area contributed by atoms with Crippen LogP contribution in [0.3, 0.4) is 0 Å². The predicted molar refractivity (Wildman–Crippen MR) is 98.4 cm³/mol. The number of amides is 1. The van der Waals surface area contributed by atoms with Gasteiger partial charge in [0.15, 0.2) is 5.69 Å². The average Bonchev–Trinajstić information content (AvgIpc) is 3.04. The van der Waals surface area contributed by atoms with Crippen LogP contribution in [0.5, 0.6) is 0 Å². The van der Waals surface area contributed by atoms with E-state index in [0.717, 1.165) is 0 Å². The van der Waals surface area contributed by atoms with Crippen molar-refractivity contribution in [1.29, 1.82) is 5.26 Å². The summed E-state index contributed by atoms with van der Waals surface area (Å²) in [6.45, 7) is 0. The Labute approximate surface area is 154 Å². The van der Waals surface area contributed by atoms with Gasteiger partial charge in [0.25, 0.3) is 5.91 Å². The Morgan fingerprint density at radius 2 is 2.00 bits per heavy atom. The van der Waals surface area contributed by atoms with Gasteiger partial charge in [-0.2, -0.15) is 5.26 Å². The van der Waals surface area contributed by atoms with Gasteiger partial charge in [-0.3, -0.25) is 9.78 Å². The normalized spacial score (nSPS) is 10.1. The van der Waals surface area contributed by atoms with E-state index < -0.39 is 5.97 Å². The van der Waals surface area contributed by atoms with E-state index in [9.17, 15) is 9.59 Å². The zero-order valence-electron chi connectivity index (χ0n) is 14.3. The van der Waals surface area contributed by atoms with Crippen LogP contribution in [-0.2, 0) is 4.74 Å². The lowest BCUT2D eigenvalue weighted by Crippen LogP contribution is -2.13. The van der Waals surface area contributed by atoms with Crippen LogP contribution in [0.4, 0.5) is 11.4 Å². The zero-order chi connectivity index (χ0) is 19.4. The number of benzene rings is 1. The number of esters is 1. The smallest absolute Gasteiger partial charge is 0.357 e. The fraction of sp³-hybridized carbons (Fsp3) is 0.0526. The summed E-state index contributed by atoms with van der Waals surface area (Å²) >= 11 is 0. The maximum Gasteiger partial charge on any atom is 0.357 e. The largest absolute Gasteiger partial charge is 0.464 e. The molecule has 0 aliphatic heterocycles. The number of nitrogen functional groups attached to an aromatic ring is 1. The first kappa shape index (κ1) is 17.7. The minimum Gasteiger partial charge on any atom is -0.464 e. The van der Waals surface area contributed by atoms with Gasteiger partial charge >= 0.3 is 5.97 Å². The zero-order valence-corrected chi connectivity index (χ0v) is 14.3. The summed E-state index contributed by atoms with van der Waals surface area (Å²) in [6.07, 6.45) is 4.61. The SMILES string of the molecule is COC(=O)c1c(N)c(C#N)cn1-c1ccc(C(=O)Nc2cccnc2)cc1. The van der Waals surface area contributed by atoms with E-state index in [1.807, 2.05) is 6.07 Å². The van der Waals surface area contributed by atoms with Crippen LogP contribution in [0.15, 0.2) is 55.0 Å². The first-order valence-corrected chi connectivity index (χ1v) is 7.86. The minimum absolute atomic E-state index is 0.0442. The number of hydrogen-bond donors (Lipinski definition) is 2. The van der Waals surface area contributed by atoms with Gasteiger partial charge in [-0.15, -0.1) is 0 Å². The summed E-state index contributed by atoms with van der Waals surface area (Å²) in [6, 6.07) is 11.9. The third-order valence-electron chi connectivity index (χ3n) is 3.87. The van der Waals surface area contributed by atoms with Crippen LogP contribution < -0.4 is 11.1 Å². The molecular formula is C19H15N5O3. The maximum absolute atomic E-state index is 12.3. The molecule has 0 bridgehead atoms. The summed E-state index contributed by atoms with van der Waals surface area (Å²) in [5.41, 5.74) is 7.70. The second-order valence-electron chi connectivity index (χ2n) is 5.52. The number of carbonyl (C=O) groups excluding carboxylic acids is 2. The van der Waals surface area contributed by atoms with Gasteiger partial charge in [0.1, 0.15) is 6.07 Å². The van der Waals surface area contributed by atoms with Crippen molar-refractivity contribution in [3.05, 3.63) is 71.8 Å². The lowest BCUT2D eigenvalue weighted by atomic mass is 10.2. The fourth-order valence-corrected chi connectivity index (χ4v) is 2.53. The lowest BCUT2D eigenvalue weighted by molar-refractivity contribution is 0.0593. The lowest BCUT2D eigenvalue weighted by Gasteiger charge is -2.09. The van der Waals surface area contributed by atoms with E-state index >= 15 is 0 Å². The second-order valence-corrected chi connectivity index (χ2v) is 5.52. The molecule has 2 heterocycles. The molecule has 0 spiro atoms. The van der Waals surface area contributed by atoms with Crippen molar-refractivity contribution < 1.29 is 14.3 Å². The summed E-state index contributed by atoms with van der Waals surface area (Å²) in [5.74, 6) is -0.958. The molecule has 2 aromatic heterocycles. The highest BCUT2D eigenvalue weighted by Crippen LogP contribution is 2.25. The average molecular weight is 361 g/mol. The Kier molecular flexibility index (Phi) is 4.86. The topological polar surface area (TPSA) is 123 Å². The highest BCUT2D eigenvalue weighted by atomic mass is 16.5. The van der Waals surface area contributed by atoms with E-state index in [2.05, 4.69) is 10.3 Å². The molecule has 3 N–H and O–H groups in total. The molecule has 8 nitrogen and oxygen atoms in total. The number of nitrogens with zero attached hydrogens (tertiary/aromatic N) is 3. The Hall–Kier alpha value is -4.12. The molecule has 134 valence electrons. The van der Waals surface area contributed by atoms with Crippen molar-refractivity contribution in [3.63, 3.8) is 0 Å². The molecule has 27 heavy (non-hydrogen) atoms. The third kappa shape index (κ3) is 3.48. The van der Waals surface area contributed by atoms with Crippen molar-refractivity contribution in [2.24, 2.45) is 0 Å². The Balaban J connectivity index is 1.91.